The normalized spacial score (nSPS) is 15.4. The van der Waals surface area contributed by atoms with Crippen LogP contribution in [0.3, 0.4) is 0 Å². The molecule has 1 amide bonds. The van der Waals surface area contributed by atoms with Crippen LogP contribution < -0.4 is 19.5 Å². The predicted octanol–water partition coefficient (Wildman–Crippen LogP) is 2.55. The first-order chi connectivity index (χ1) is 13.9. The molecule has 0 aromatic heterocycles. The number of sulfonamides is 1. The average Bonchev–Trinajstić information content (AvgIpc) is 2.95. The van der Waals surface area contributed by atoms with Crippen LogP contribution >= 0.6 is 0 Å². The van der Waals surface area contributed by atoms with E-state index in [4.69, 9.17) is 9.47 Å². The number of hydrogen-bond donors (Lipinski definition) is 2. The van der Waals surface area contributed by atoms with Crippen LogP contribution in [-0.2, 0) is 14.8 Å². The van der Waals surface area contributed by atoms with E-state index in [0.717, 1.165) is 0 Å². The molecule has 0 saturated heterocycles. The van der Waals surface area contributed by atoms with Crippen LogP contribution in [0, 0.1) is 0 Å². The van der Waals surface area contributed by atoms with E-state index in [1.54, 1.807) is 36.4 Å². The molecule has 0 radical (unpaired) electrons. The van der Waals surface area contributed by atoms with Gasteiger partial charge >= 0.3 is 0 Å². The van der Waals surface area contributed by atoms with Crippen molar-refractivity contribution in [2.45, 2.75) is 25.2 Å². The summed E-state index contributed by atoms with van der Waals surface area (Å²) in [4.78, 5) is 16.7. The van der Waals surface area contributed by atoms with Crippen LogP contribution in [0.1, 0.15) is 25.8 Å². The third-order valence-electron chi connectivity index (χ3n) is 4.10. The van der Waals surface area contributed by atoms with Gasteiger partial charge in [-0.1, -0.05) is 12.1 Å². The number of amides is 1. The third kappa shape index (κ3) is 4.86. The fraction of sp³-hybridized carbons (Fsp3) is 0.300. The Kier molecular flexibility index (Phi) is 6.38. The van der Waals surface area contributed by atoms with Gasteiger partial charge in [0.1, 0.15) is 5.84 Å². The molecule has 1 heterocycles. The second-order valence-corrected chi connectivity index (χ2v) is 7.81. The number of ether oxygens (including phenoxy) is 2. The maximum Gasteiger partial charge on any atom is 0.263 e. The molecule has 9 heteroatoms. The number of carbonyl (C=O) groups excluding carboxylic acids is 1. The highest BCUT2D eigenvalue weighted by atomic mass is 32.2. The highest BCUT2D eigenvalue weighted by molar-refractivity contribution is 7.90. The molecule has 0 unspecified atom stereocenters. The Morgan fingerprint density at radius 2 is 1.79 bits per heavy atom. The smallest absolute Gasteiger partial charge is 0.263 e. The molecule has 2 aromatic rings. The second kappa shape index (κ2) is 8.95. The van der Waals surface area contributed by atoms with Gasteiger partial charge in [0.25, 0.3) is 10.0 Å². The van der Waals surface area contributed by atoms with Gasteiger partial charge in [0.05, 0.1) is 24.7 Å². The maximum atomic E-state index is 12.2. The van der Waals surface area contributed by atoms with Crippen LogP contribution in [0.25, 0.3) is 0 Å². The molecular formula is C20H23N3O5S. The fourth-order valence-electron chi connectivity index (χ4n) is 2.87. The Morgan fingerprint density at radius 1 is 1.07 bits per heavy atom. The summed E-state index contributed by atoms with van der Waals surface area (Å²) in [5, 5.41) is 2.79. The topological polar surface area (TPSA) is 106 Å². The van der Waals surface area contributed by atoms with E-state index in [9.17, 15) is 13.2 Å². The standard InChI is InChI=1S/C20H23N3O5S/c1-3-27-16-10-9-14(13-17(16)28-4-2)22-19(24)11-12-21-20-15-7-5-6-8-18(15)29(25,26)23-20/h5-10,13H,3-4,11-12H2,1-2H3,(H,21,23)(H,22,24). The summed E-state index contributed by atoms with van der Waals surface area (Å²) >= 11 is 0. The molecule has 1 aliphatic heterocycles. The van der Waals surface area contributed by atoms with E-state index in [1.807, 2.05) is 13.8 Å². The lowest BCUT2D eigenvalue weighted by atomic mass is 10.2. The molecule has 29 heavy (non-hydrogen) atoms. The van der Waals surface area contributed by atoms with Crippen LogP contribution in [0.4, 0.5) is 5.69 Å². The van der Waals surface area contributed by atoms with Gasteiger partial charge < -0.3 is 14.8 Å². The molecule has 0 atom stereocenters. The zero-order chi connectivity index (χ0) is 20.9. The maximum absolute atomic E-state index is 12.2. The molecule has 0 aliphatic carbocycles. The van der Waals surface area contributed by atoms with Crippen LogP contribution in [-0.4, -0.2) is 39.9 Å². The first-order valence-corrected chi connectivity index (χ1v) is 10.8. The number of fused-ring (bicyclic) bond motifs is 1. The number of amidine groups is 1. The third-order valence-corrected chi connectivity index (χ3v) is 5.50. The highest BCUT2D eigenvalue weighted by Gasteiger charge is 2.29. The summed E-state index contributed by atoms with van der Waals surface area (Å²) in [5.41, 5.74) is 1.10. The van der Waals surface area contributed by atoms with Gasteiger partial charge in [0, 0.05) is 23.7 Å². The van der Waals surface area contributed by atoms with E-state index in [0.29, 0.717) is 36.0 Å². The lowest BCUT2D eigenvalue weighted by molar-refractivity contribution is -0.116. The summed E-state index contributed by atoms with van der Waals surface area (Å²) in [6, 6.07) is 11.8. The summed E-state index contributed by atoms with van der Waals surface area (Å²) in [6.07, 6.45) is 0.102. The van der Waals surface area contributed by atoms with Crippen molar-refractivity contribution in [1.29, 1.82) is 0 Å². The molecule has 0 bridgehead atoms. The minimum absolute atomic E-state index is 0.102. The molecular weight excluding hydrogens is 394 g/mol. The number of aliphatic imine (C=N–C) groups is 1. The van der Waals surface area contributed by atoms with Crippen LogP contribution in [0.15, 0.2) is 52.4 Å². The highest BCUT2D eigenvalue weighted by Crippen LogP contribution is 2.30. The number of nitrogens with zero attached hydrogens (tertiary/aromatic N) is 1. The largest absolute Gasteiger partial charge is 0.490 e. The first kappa shape index (κ1) is 20.7. The Morgan fingerprint density at radius 3 is 2.55 bits per heavy atom. The van der Waals surface area contributed by atoms with Crippen molar-refractivity contribution in [3.8, 4) is 11.5 Å². The molecule has 154 valence electrons. The Balaban J connectivity index is 1.62. The van der Waals surface area contributed by atoms with Gasteiger partial charge in [-0.15, -0.1) is 0 Å². The van der Waals surface area contributed by atoms with Crippen molar-refractivity contribution in [2.24, 2.45) is 4.99 Å². The van der Waals surface area contributed by atoms with Gasteiger partial charge in [-0.25, -0.2) is 8.42 Å². The molecule has 0 fully saturated rings. The van der Waals surface area contributed by atoms with Crippen molar-refractivity contribution in [3.05, 3.63) is 48.0 Å². The Bertz CT molecular complexity index is 1030. The lowest BCUT2D eigenvalue weighted by Gasteiger charge is -2.13. The van der Waals surface area contributed by atoms with Crippen LogP contribution in [0.2, 0.25) is 0 Å². The number of carbonyl (C=O) groups is 1. The summed E-state index contributed by atoms with van der Waals surface area (Å²) in [5.74, 6) is 1.19. The summed E-state index contributed by atoms with van der Waals surface area (Å²) < 4.78 is 37.6. The van der Waals surface area contributed by atoms with Crippen molar-refractivity contribution in [2.75, 3.05) is 25.1 Å². The van der Waals surface area contributed by atoms with Gasteiger partial charge in [-0.05, 0) is 38.1 Å². The molecule has 1 aliphatic rings. The molecule has 2 N–H and O–H groups in total. The minimum atomic E-state index is -3.58. The SMILES string of the molecule is CCOc1ccc(NC(=O)CCN=C2NS(=O)(=O)c3ccccc32)cc1OCC. The van der Waals surface area contributed by atoms with Crippen molar-refractivity contribution >= 4 is 27.5 Å². The first-order valence-electron chi connectivity index (χ1n) is 9.30. The van der Waals surface area contributed by atoms with E-state index in [-0.39, 0.29) is 29.6 Å². The van der Waals surface area contributed by atoms with E-state index in [2.05, 4.69) is 15.0 Å². The fourth-order valence-corrected chi connectivity index (χ4v) is 4.12. The monoisotopic (exact) mass is 417 g/mol. The molecule has 0 saturated carbocycles. The lowest BCUT2D eigenvalue weighted by Crippen LogP contribution is -2.23. The van der Waals surface area contributed by atoms with Crippen molar-refractivity contribution in [3.63, 3.8) is 0 Å². The van der Waals surface area contributed by atoms with Gasteiger partial charge in [-0.3, -0.25) is 14.5 Å². The molecule has 0 spiro atoms. The minimum Gasteiger partial charge on any atom is -0.490 e. The number of rotatable bonds is 8. The summed E-state index contributed by atoms with van der Waals surface area (Å²) in [7, 11) is -3.58. The Labute approximate surface area is 170 Å². The molecule has 3 rings (SSSR count). The number of anilines is 1. The van der Waals surface area contributed by atoms with Crippen molar-refractivity contribution in [1.82, 2.24) is 4.72 Å². The molecule has 8 nitrogen and oxygen atoms in total. The predicted molar refractivity (Wildman–Crippen MR) is 110 cm³/mol. The number of hydrogen-bond acceptors (Lipinski definition) is 6. The summed E-state index contributed by atoms with van der Waals surface area (Å²) in [6.45, 7) is 4.89. The second-order valence-electron chi connectivity index (χ2n) is 6.16. The van der Waals surface area contributed by atoms with Gasteiger partial charge in [0.15, 0.2) is 11.5 Å². The Hall–Kier alpha value is -3.07. The van der Waals surface area contributed by atoms with E-state index in [1.165, 1.54) is 6.07 Å². The number of benzene rings is 2. The van der Waals surface area contributed by atoms with Gasteiger partial charge in [0.2, 0.25) is 5.91 Å². The van der Waals surface area contributed by atoms with E-state index >= 15 is 0 Å². The average molecular weight is 417 g/mol. The van der Waals surface area contributed by atoms with Crippen molar-refractivity contribution < 1.29 is 22.7 Å². The number of nitrogens with one attached hydrogen (secondary N) is 2. The quantitative estimate of drug-likeness (QED) is 0.687. The zero-order valence-electron chi connectivity index (χ0n) is 16.3. The zero-order valence-corrected chi connectivity index (χ0v) is 17.1. The van der Waals surface area contributed by atoms with Gasteiger partial charge in [-0.2, -0.15) is 0 Å². The van der Waals surface area contributed by atoms with E-state index < -0.39 is 10.0 Å². The van der Waals surface area contributed by atoms with Crippen LogP contribution in [0.5, 0.6) is 11.5 Å². The molecule has 2 aromatic carbocycles.